The third-order valence-corrected chi connectivity index (χ3v) is 3.38. The zero-order valence-electron chi connectivity index (χ0n) is 11.8. The highest BCUT2D eigenvalue weighted by atomic mass is 19.2. The predicted molar refractivity (Wildman–Crippen MR) is 74.8 cm³/mol. The van der Waals surface area contributed by atoms with Gasteiger partial charge in [-0.2, -0.15) is 0 Å². The number of rotatable bonds is 5. The molecule has 0 aromatic heterocycles. The Bertz CT molecular complexity index is 631. The van der Waals surface area contributed by atoms with Crippen molar-refractivity contribution in [2.45, 2.75) is 12.5 Å². The Morgan fingerprint density at radius 2 is 1.71 bits per heavy atom. The van der Waals surface area contributed by atoms with Crippen LogP contribution in [0.3, 0.4) is 0 Å². The third-order valence-electron chi connectivity index (χ3n) is 3.38. The topological polar surface area (TPSA) is 21.3 Å². The molecule has 0 amide bonds. The van der Waals surface area contributed by atoms with Crippen LogP contribution in [0.5, 0.6) is 5.75 Å². The zero-order valence-corrected chi connectivity index (χ0v) is 11.8. The van der Waals surface area contributed by atoms with Crippen LogP contribution in [0.2, 0.25) is 0 Å². The highest BCUT2D eigenvalue weighted by Gasteiger charge is 2.19. The molecule has 21 heavy (non-hydrogen) atoms. The average molecular weight is 295 g/mol. The number of para-hydroxylation sites is 1. The number of nitrogens with one attached hydrogen (secondary N) is 1. The second-order valence-electron chi connectivity index (χ2n) is 4.65. The fourth-order valence-corrected chi connectivity index (χ4v) is 2.26. The maximum atomic E-state index is 13.9. The van der Waals surface area contributed by atoms with Crippen molar-refractivity contribution >= 4 is 0 Å². The van der Waals surface area contributed by atoms with Crippen LogP contribution in [0.25, 0.3) is 0 Å². The first-order chi connectivity index (χ1) is 10.1. The van der Waals surface area contributed by atoms with E-state index >= 15 is 0 Å². The van der Waals surface area contributed by atoms with Crippen molar-refractivity contribution in [1.29, 1.82) is 0 Å². The molecule has 0 spiro atoms. The Morgan fingerprint density at radius 1 is 1.05 bits per heavy atom. The number of hydrogen-bond acceptors (Lipinski definition) is 2. The lowest BCUT2D eigenvalue weighted by molar-refractivity contribution is 0.405. The molecule has 5 heteroatoms. The molecule has 0 bridgehead atoms. The van der Waals surface area contributed by atoms with Gasteiger partial charge in [-0.05, 0) is 31.2 Å². The molecule has 0 aliphatic rings. The number of likely N-dealkylation sites (N-methyl/N-ethyl adjacent to an activating group) is 1. The largest absolute Gasteiger partial charge is 0.496 e. The monoisotopic (exact) mass is 295 g/mol. The summed E-state index contributed by atoms with van der Waals surface area (Å²) in [5.74, 6) is -2.36. The maximum Gasteiger partial charge on any atom is 0.161 e. The summed E-state index contributed by atoms with van der Waals surface area (Å²) in [6.07, 6.45) is 0.391. The summed E-state index contributed by atoms with van der Waals surface area (Å²) in [6.45, 7) is 0. The quantitative estimate of drug-likeness (QED) is 0.851. The summed E-state index contributed by atoms with van der Waals surface area (Å²) in [7, 11) is 3.19. The fraction of sp³-hybridized carbons (Fsp3) is 0.250. The van der Waals surface area contributed by atoms with Crippen molar-refractivity contribution in [2.75, 3.05) is 14.2 Å². The first kappa shape index (κ1) is 15.4. The molecule has 0 heterocycles. The standard InChI is InChI=1S/C16H16F3NO/c1-20-15(7-10-5-3-4-6-16(10)21-2)11-8-13(18)14(19)9-12(11)17/h3-6,8-9,15,20H,7H2,1-2H3. The highest BCUT2D eigenvalue weighted by molar-refractivity contribution is 5.35. The van der Waals surface area contributed by atoms with Gasteiger partial charge >= 0.3 is 0 Å². The molecule has 1 atom stereocenters. The van der Waals surface area contributed by atoms with Gasteiger partial charge in [-0.25, -0.2) is 13.2 Å². The Labute approximate surface area is 121 Å². The lowest BCUT2D eigenvalue weighted by Gasteiger charge is -2.19. The van der Waals surface area contributed by atoms with E-state index in [-0.39, 0.29) is 5.56 Å². The Kier molecular flexibility index (Phi) is 4.85. The van der Waals surface area contributed by atoms with Gasteiger partial charge in [0.25, 0.3) is 0 Å². The summed E-state index contributed by atoms with van der Waals surface area (Å²) in [5, 5.41) is 2.92. The molecule has 0 fully saturated rings. The van der Waals surface area contributed by atoms with Crippen molar-refractivity contribution in [3.05, 3.63) is 65.0 Å². The van der Waals surface area contributed by atoms with Crippen LogP contribution in [-0.2, 0) is 6.42 Å². The summed E-state index contributed by atoms with van der Waals surface area (Å²) in [5.41, 5.74) is 0.936. The van der Waals surface area contributed by atoms with E-state index in [1.54, 1.807) is 20.2 Å². The van der Waals surface area contributed by atoms with Crippen LogP contribution in [-0.4, -0.2) is 14.2 Å². The van der Waals surface area contributed by atoms with Gasteiger partial charge in [0.05, 0.1) is 7.11 Å². The van der Waals surface area contributed by atoms with Gasteiger partial charge in [0.15, 0.2) is 11.6 Å². The van der Waals surface area contributed by atoms with Crippen LogP contribution in [0.1, 0.15) is 17.2 Å². The molecule has 2 aromatic rings. The summed E-state index contributed by atoms with van der Waals surface area (Å²) < 4.78 is 45.5. The molecule has 2 aromatic carbocycles. The van der Waals surface area contributed by atoms with E-state index < -0.39 is 23.5 Å². The van der Waals surface area contributed by atoms with E-state index in [1.807, 2.05) is 18.2 Å². The summed E-state index contributed by atoms with van der Waals surface area (Å²) in [4.78, 5) is 0. The third kappa shape index (κ3) is 3.36. The minimum absolute atomic E-state index is 0.0855. The Hall–Kier alpha value is -2.01. The lowest BCUT2D eigenvalue weighted by atomic mass is 9.97. The van der Waals surface area contributed by atoms with Crippen LogP contribution in [0.15, 0.2) is 36.4 Å². The van der Waals surface area contributed by atoms with E-state index in [1.165, 1.54) is 0 Å². The van der Waals surface area contributed by atoms with Crippen LogP contribution < -0.4 is 10.1 Å². The number of hydrogen-bond donors (Lipinski definition) is 1. The van der Waals surface area contributed by atoms with E-state index in [2.05, 4.69) is 5.32 Å². The zero-order chi connectivity index (χ0) is 15.4. The van der Waals surface area contributed by atoms with Crippen molar-refractivity contribution in [3.8, 4) is 5.75 Å². The molecule has 0 radical (unpaired) electrons. The molecule has 112 valence electrons. The molecule has 1 N–H and O–H groups in total. The molecular formula is C16H16F3NO. The van der Waals surface area contributed by atoms with Crippen LogP contribution in [0, 0.1) is 17.5 Å². The second-order valence-corrected chi connectivity index (χ2v) is 4.65. The van der Waals surface area contributed by atoms with Crippen molar-refractivity contribution < 1.29 is 17.9 Å². The fourth-order valence-electron chi connectivity index (χ4n) is 2.26. The molecule has 0 aliphatic heterocycles. The lowest BCUT2D eigenvalue weighted by Crippen LogP contribution is -2.21. The highest BCUT2D eigenvalue weighted by Crippen LogP contribution is 2.27. The smallest absolute Gasteiger partial charge is 0.161 e. The number of ether oxygens (including phenoxy) is 1. The molecule has 0 saturated heterocycles. The van der Waals surface area contributed by atoms with Crippen molar-refractivity contribution in [3.63, 3.8) is 0 Å². The van der Waals surface area contributed by atoms with Gasteiger partial charge in [-0.3, -0.25) is 0 Å². The Balaban J connectivity index is 2.34. The van der Waals surface area contributed by atoms with E-state index in [4.69, 9.17) is 4.74 Å². The van der Waals surface area contributed by atoms with Crippen molar-refractivity contribution in [1.82, 2.24) is 5.32 Å². The molecule has 0 saturated carbocycles. The molecule has 2 nitrogen and oxygen atoms in total. The first-order valence-electron chi connectivity index (χ1n) is 6.50. The van der Waals surface area contributed by atoms with Crippen LogP contribution >= 0.6 is 0 Å². The van der Waals surface area contributed by atoms with E-state index in [9.17, 15) is 13.2 Å². The maximum absolute atomic E-state index is 13.9. The Morgan fingerprint density at radius 3 is 2.38 bits per heavy atom. The summed E-state index contributed by atoms with van der Waals surface area (Å²) in [6, 6.07) is 8.28. The molecule has 0 aliphatic carbocycles. The normalized spacial score (nSPS) is 12.2. The van der Waals surface area contributed by atoms with Gasteiger partial charge in [0.2, 0.25) is 0 Å². The predicted octanol–water partition coefficient (Wildman–Crippen LogP) is 3.62. The number of methoxy groups -OCH3 is 1. The van der Waals surface area contributed by atoms with Gasteiger partial charge in [0, 0.05) is 17.7 Å². The summed E-state index contributed by atoms with van der Waals surface area (Å²) >= 11 is 0. The van der Waals surface area contributed by atoms with Crippen molar-refractivity contribution in [2.24, 2.45) is 0 Å². The molecular weight excluding hydrogens is 279 g/mol. The van der Waals surface area contributed by atoms with Gasteiger partial charge in [-0.15, -0.1) is 0 Å². The number of halogens is 3. The molecule has 2 rings (SSSR count). The minimum atomic E-state index is -1.19. The van der Waals surface area contributed by atoms with Gasteiger partial charge in [0.1, 0.15) is 11.6 Å². The average Bonchev–Trinajstić information content (AvgIpc) is 2.49. The van der Waals surface area contributed by atoms with E-state index in [0.29, 0.717) is 18.2 Å². The number of benzene rings is 2. The first-order valence-corrected chi connectivity index (χ1v) is 6.50. The SMILES string of the molecule is CNC(Cc1ccccc1OC)c1cc(F)c(F)cc1F. The van der Waals surface area contributed by atoms with Gasteiger partial charge < -0.3 is 10.1 Å². The van der Waals surface area contributed by atoms with Gasteiger partial charge in [-0.1, -0.05) is 18.2 Å². The second kappa shape index (κ2) is 6.63. The van der Waals surface area contributed by atoms with E-state index in [0.717, 1.165) is 11.6 Å². The minimum Gasteiger partial charge on any atom is -0.496 e. The van der Waals surface area contributed by atoms with Crippen LogP contribution in [0.4, 0.5) is 13.2 Å². The molecule has 1 unspecified atom stereocenters.